The van der Waals surface area contributed by atoms with E-state index in [1.54, 1.807) is 12.1 Å². The Bertz CT molecular complexity index is 497. The van der Waals surface area contributed by atoms with Gasteiger partial charge in [-0.25, -0.2) is 0 Å². The smallest absolute Gasteiger partial charge is 0.258 e. The number of hydrogen-bond donors (Lipinski definition) is 1. The molecule has 1 aromatic carbocycles. The molecule has 4 nitrogen and oxygen atoms in total. The highest BCUT2D eigenvalue weighted by molar-refractivity contribution is 5.78. The fourth-order valence-electron chi connectivity index (χ4n) is 2.43. The van der Waals surface area contributed by atoms with E-state index in [-0.39, 0.29) is 18.6 Å². The summed E-state index contributed by atoms with van der Waals surface area (Å²) in [6, 6.07) is 3.76. The topological polar surface area (TPSA) is 55.4 Å². The number of hydrogen-bond acceptors (Lipinski definition) is 3. The quantitative estimate of drug-likeness (QED) is 0.811. The molecule has 0 radical (unpaired) electrons. The molecule has 1 aromatic rings. The molecule has 0 heterocycles. The van der Waals surface area contributed by atoms with Crippen molar-refractivity contribution in [3.8, 4) is 5.75 Å². The second-order valence-corrected chi connectivity index (χ2v) is 5.58. The van der Waals surface area contributed by atoms with E-state index in [4.69, 9.17) is 4.74 Å². The zero-order valence-corrected chi connectivity index (χ0v) is 12.2. The van der Waals surface area contributed by atoms with Gasteiger partial charge in [0.05, 0.1) is 0 Å². The number of ether oxygens (including phenoxy) is 1. The average Bonchev–Trinajstić information content (AvgIpc) is 3.21. The summed E-state index contributed by atoms with van der Waals surface area (Å²) < 4.78 is 5.60. The Labute approximate surface area is 119 Å². The Balaban J connectivity index is 1.93. The van der Waals surface area contributed by atoms with Crippen LogP contribution in [0.3, 0.4) is 0 Å². The first kappa shape index (κ1) is 14.6. The summed E-state index contributed by atoms with van der Waals surface area (Å²) in [5.74, 6) is 1.22. The van der Waals surface area contributed by atoms with Gasteiger partial charge in [0.25, 0.3) is 5.91 Å². The first-order chi connectivity index (χ1) is 9.51. The normalized spacial score (nSPS) is 15.6. The molecule has 2 rings (SSSR count). The highest BCUT2D eigenvalue weighted by Crippen LogP contribution is 2.32. The molecular weight excluding hydrogens is 254 g/mol. The zero-order chi connectivity index (χ0) is 14.7. The van der Waals surface area contributed by atoms with Crippen molar-refractivity contribution in [2.45, 2.75) is 39.7 Å². The predicted molar refractivity (Wildman–Crippen MR) is 77.1 cm³/mol. The van der Waals surface area contributed by atoms with Gasteiger partial charge in [0, 0.05) is 11.6 Å². The molecule has 4 heteroatoms. The molecule has 1 aliphatic rings. The minimum atomic E-state index is -0.0948. The largest absolute Gasteiger partial charge is 0.483 e. The van der Waals surface area contributed by atoms with Crippen LogP contribution in [0.2, 0.25) is 0 Å². The lowest BCUT2D eigenvalue weighted by molar-refractivity contribution is -0.123. The van der Waals surface area contributed by atoms with Crippen LogP contribution in [-0.4, -0.2) is 24.8 Å². The number of nitrogens with one attached hydrogen (secondary N) is 1. The van der Waals surface area contributed by atoms with Crippen LogP contribution < -0.4 is 10.1 Å². The van der Waals surface area contributed by atoms with Crippen LogP contribution in [0.1, 0.15) is 41.3 Å². The van der Waals surface area contributed by atoms with E-state index >= 15 is 0 Å². The third kappa shape index (κ3) is 3.59. The standard InChI is InChI=1S/C16H21NO3/c1-10-6-13(8-18)7-11(2)16(10)20-9-15(19)17-12(3)14-4-5-14/h6-8,12,14H,4-5,9H2,1-3H3,(H,17,19)/t12-/m0/s1. The number of amides is 1. The van der Waals surface area contributed by atoms with Gasteiger partial charge in [-0.1, -0.05) is 0 Å². The molecule has 1 saturated carbocycles. The third-order valence-corrected chi connectivity index (χ3v) is 3.68. The second kappa shape index (κ2) is 6.07. The van der Waals surface area contributed by atoms with E-state index in [1.165, 1.54) is 12.8 Å². The summed E-state index contributed by atoms with van der Waals surface area (Å²) in [5, 5.41) is 2.95. The fraction of sp³-hybridized carbons (Fsp3) is 0.500. The lowest BCUT2D eigenvalue weighted by Crippen LogP contribution is -2.37. The van der Waals surface area contributed by atoms with E-state index in [2.05, 4.69) is 5.32 Å². The summed E-state index contributed by atoms with van der Waals surface area (Å²) in [5.41, 5.74) is 2.37. The maximum atomic E-state index is 11.8. The van der Waals surface area contributed by atoms with Crippen LogP contribution in [0.15, 0.2) is 12.1 Å². The van der Waals surface area contributed by atoms with Gasteiger partial charge >= 0.3 is 0 Å². The van der Waals surface area contributed by atoms with E-state index < -0.39 is 0 Å². The molecular formula is C16H21NO3. The monoisotopic (exact) mass is 275 g/mol. The Hall–Kier alpha value is -1.84. The summed E-state index contributed by atoms with van der Waals surface area (Å²) in [6.07, 6.45) is 3.22. The van der Waals surface area contributed by atoms with Crippen molar-refractivity contribution >= 4 is 12.2 Å². The molecule has 0 unspecified atom stereocenters. The van der Waals surface area contributed by atoms with Crippen LogP contribution in [0.25, 0.3) is 0 Å². The van der Waals surface area contributed by atoms with Crippen LogP contribution in [-0.2, 0) is 4.79 Å². The number of rotatable bonds is 6. The van der Waals surface area contributed by atoms with Crippen molar-refractivity contribution in [3.05, 3.63) is 28.8 Å². The van der Waals surface area contributed by atoms with Crippen molar-refractivity contribution in [3.63, 3.8) is 0 Å². The minimum Gasteiger partial charge on any atom is -0.483 e. The van der Waals surface area contributed by atoms with Crippen LogP contribution in [0.5, 0.6) is 5.75 Å². The van der Waals surface area contributed by atoms with E-state index in [0.717, 1.165) is 17.4 Å². The average molecular weight is 275 g/mol. The second-order valence-electron chi connectivity index (χ2n) is 5.58. The van der Waals surface area contributed by atoms with E-state index in [9.17, 15) is 9.59 Å². The van der Waals surface area contributed by atoms with Crippen LogP contribution in [0.4, 0.5) is 0 Å². The first-order valence-electron chi connectivity index (χ1n) is 7.00. The zero-order valence-electron chi connectivity index (χ0n) is 12.2. The molecule has 1 amide bonds. The lowest BCUT2D eigenvalue weighted by Gasteiger charge is -2.15. The Morgan fingerprint density at radius 1 is 1.40 bits per heavy atom. The maximum absolute atomic E-state index is 11.8. The summed E-state index contributed by atoms with van der Waals surface area (Å²) in [7, 11) is 0. The van der Waals surface area contributed by atoms with Gasteiger partial charge in [0.1, 0.15) is 12.0 Å². The van der Waals surface area contributed by atoms with E-state index in [1.807, 2.05) is 20.8 Å². The predicted octanol–water partition coefficient (Wildman–Crippen LogP) is 2.41. The van der Waals surface area contributed by atoms with Crippen molar-refractivity contribution in [2.24, 2.45) is 5.92 Å². The van der Waals surface area contributed by atoms with Crippen molar-refractivity contribution in [1.29, 1.82) is 0 Å². The van der Waals surface area contributed by atoms with Crippen LogP contribution >= 0.6 is 0 Å². The number of carbonyl (C=O) groups is 2. The number of benzene rings is 1. The summed E-state index contributed by atoms with van der Waals surface area (Å²) in [4.78, 5) is 22.6. The Kier molecular flexibility index (Phi) is 4.42. The number of aldehydes is 1. The molecule has 0 bridgehead atoms. The number of aryl methyl sites for hydroxylation is 2. The maximum Gasteiger partial charge on any atom is 0.258 e. The molecule has 1 N–H and O–H groups in total. The molecule has 0 aliphatic heterocycles. The SMILES string of the molecule is Cc1cc(C=O)cc(C)c1OCC(=O)N[C@@H](C)C1CC1. The van der Waals surface area contributed by atoms with Crippen molar-refractivity contribution in [2.75, 3.05) is 6.61 Å². The molecule has 20 heavy (non-hydrogen) atoms. The highest BCUT2D eigenvalue weighted by atomic mass is 16.5. The Morgan fingerprint density at radius 2 is 2.00 bits per heavy atom. The Morgan fingerprint density at radius 3 is 2.50 bits per heavy atom. The molecule has 1 atom stereocenters. The first-order valence-corrected chi connectivity index (χ1v) is 7.00. The minimum absolute atomic E-state index is 0.0131. The van der Waals surface area contributed by atoms with Gasteiger partial charge in [0.15, 0.2) is 6.61 Å². The highest BCUT2D eigenvalue weighted by Gasteiger charge is 2.28. The molecule has 1 fully saturated rings. The van der Waals surface area contributed by atoms with Gasteiger partial charge in [-0.3, -0.25) is 9.59 Å². The summed E-state index contributed by atoms with van der Waals surface area (Å²) >= 11 is 0. The number of carbonyl (C=O) groups excluding carboxylic acids is 2. The third-order valence-electron chi connectivity index (χ3n) is 3.68. The van der Waals surface area contributed by atoms with Gasteiger partial charge < -0.3 is 10.1 Å². The molecule has 108 valence electrons. The van der Waals surface area contributed by atoms with Gasteiger partial charge in [-0.05, 0) is 62.8 Å². The summed E-state index contributed by atoms with van der Waals surface area (Å²) in [6.45, 7) is 5.80. The van der Waals surface area contributed by atoms with Crippen LogP contribution in [0, 0.1) is 19.8 Å². The van der Waals surface area contributed by atoms with Gasteiger partial charge in [0.2, 0.25) is 0 Å². The molecule has 0 aromatic heterocycles. The molecule has 0 spiro atoms. The lowest BCUT2D eigenvalue weighted by atomic mass is 10.1. The van der Waals surface area contributed by atoms with Crippen molar-refractivity contribution < 1.29 is 14.3 Å². The fourth-order valence-corrected chi connectivity index (χ4v) is 2.43. The van der Waals surface area contributed by atoms with Gasteiger partial charge in [-0.15, -0.1) is 0 Å². The van der Waals surface area contributed by atoms with E-state index in [0.29, 0.717) is 17.2 Å². The molecule has 1 aliphatic carbocycles. The molecule has 0 saturated heterocycles. The van der Waals surface area contributed by atoms with Crippen molar-refractivity contribution in [1.82, 2.24) is 5.32 Å². The van der Waals surface area contributed by atoms with Gasteiger partial charge in [-0.2, -0.15) is 0 Å².